The zero-order chi connectivity index (χ0) is 14.6. The first kappa shape index (κ1) is 15.8. The molecule has 2 heteroatoms. The maximum atomic E-state index is 10.7. The molecule has 0 aliphatic heterocycles. The van der Waals surface area contributed by atoms with Gasteiger partial charge in [-0.15, -0.1) is 0 Å². The SMILES string of the molecule is CC(C)C1CCC(C#N)(C(O)CC2CCCCC2)CC1. The predicted molar refractivity (Wildman–Crippen MR) is 82.0 cm³/mol. The number of nitriles is 1. The zero-order valence-corrected chi connectivity index (χ0v) is 13.3. The molecule has 0 saturated heterocycles. The van der Waals surface area contributed by atoms with E-state index < -0.39 is 11.5 Å². The summed E-state index contributed by atoms with van der Waals surface area (Å²) in [4.78, 5) is 0. The number of hydrogen-bond acceptors (Lipinski definition) is 2. The van der Waals surface area contributed by atoms with E-state index in [-0.39, 0.29) is 0 Å². The van der Waals surface area contributed by atoms with Gasteiger partial charge in [-0.05, 0) is 49.9 Å². The van der Waals surface area contributed by atoms with E-state index in [2.05, 4.69) is 19.9 Å². The summed E-state index contributed by atoms with van der Waals surface area (Å²) in [5.74, 6) is 2.12. The Balaban J connectivity index is 1.92. The van der Waals surface area contributed by atoms with Gasteiger partial charge in [0.25, 0.3) is 0 Å². The number of rotatable bonds is 4. The lowest BCUT2D eigenvalue weighted by atomic mass is 9.64. The summed E-state index contributed by atoms with van der Waals surface area (Å²) in [6.45, 7) is 4.56. The van der Waals surface area contributed by atoms with E-state index in [9.17, 15) is 10.4 Å². The monoisotopic (exact) mass is 277 g/mol. The molecule has 2 nitrogen and oxygen atoms in total. The molecule has 0 aromatic rings. The maximum Gasteiger partial charge on any atom is 0.0832 e. The van der Waals surface area contributed by atoms with Crippen molar-refractivity contribution in [1.29, 1.82) is 5.26 Å². The van der Waals surface area contributed by atoms with E-state index in [1.54, 1.807) is 0 Å². The molecule has 0 spiro atoms. The van der Waals surface area contributed by atoms with Crippen LogP contribution in [-0.4, -0.2) is 11.2 Å². The van der Waals surface area contributed by atoms with Gasteiger partial charge in [0.2, 0.25) is 0 Å². The molecule has 2 aliphatic rings. The van der Waals surface area contributed by atoms with Gasteiger partial charge >= 0.3 is 0 Å². The molecule has 1 atom stereocenters. The van der Waals surface area contributed by atoms with Crippen molar-refractivity contribution >= 4 is 0 Å². The minimum atomic E-state index is -0.442. The fraction of sp³-hybridized carbons (Fsp3) is 0.944. The Hall–Kier alpha value is -0.550. The van der Waals surface area contributed by atoms with Crippen LogP contribution in [0.5, 0.6) is 0 Å². The summed E-state index contributed by atoms with van der Waals surface area (Å²) in [6.07, 6.45) is 11.0. The fourth-order valence-corrected chi connectivity index (χ4v) is 4.31. The first-order chi connectivity index (χ1) is 9.57. The molecule has 2 aliphatic carbocycles. The third-order valence-corrected chi connectivity index (χ3v) is 6.01. The third kappa shape index (κ3) is 3.55. The Morgan fingerprint density at radius 3 is 2.20 bits per heavy atom. The summed E-state index contributed by atoms with van der Waals surface area (Å²) in [7, 11) is 0. The van der Waals surface area contributed by atoms with Crippen molar-refractivity contribution < 1.29 is 5.11 Å². The first-order valence-electron chi connectivity index (χ1n) is 8.67. The number of aliphatic hydroxyl groups excluding tert-OH is 1. The Morgan fingerprint density at radius 1 is 1.10 bits per heavy atom. The molecule has 0 aromatic carbocycles. The summed E-state index contributed by atoms with van der Waals surface area (Å²) < 4.78 is 0. The van der Waals surface area contributed by atoms with E-state index in [1.807, 2.05) is 0 Å². The molecule has 2 rings (SSSR count). The summed E-state index contributed by atoms with van der Waals surface area (Å²) in [5.41, 5.74) is -0.442. The number of aliphatic hydroxyl groups is 1. The van der Waals surface area contributed by atoms with Crippen LogP contribution in [0.3, 0.4) is 0 Å². The minimum absolute atomic E-state index is 0.399. The van der Waals surface area contributed by atoms with Gasteiger partial charge in [-0.25, -0.2) is 0 Å². The molecule has 0 radical (unpaired) electrons. The first-order valence-corrected chi connectivity index (χ1v) is 8.67. The highest BCUT2D eigenvalue weighted by Crippen LogP contribution is 2.45. The summed E-state index contributed by atoms with van der Waals surface area (Å²) >= 11 is 0. The van der Waals surface area contributed by atoms with Gasteiger partial charge in [-0.1, -0.05) is 46.0 Å². The van der Waals surface area contributed by atoms with Gasteiger partial charge in [0.05, 0.1) is 17.6 Å². The second-order valence-corrected chi connectivity index (χ2v) is 7.60. The highest BCUT2D eigenvalue weighted by atomic mass is 16.3. The average molecular weight is 277 g/mol. The van der Waals surface area contributed by atoms with Crippen LogP contribution in [0.4, 0.5) is 0 Å². The molecule has 2 fully saturated rings. The summed E-state index contributed by atoms with van der Waals surface area (Å²) in [5, 5.41) is 20.3. The minimum Gasteiger partial charge on any atom is -0.391 e. The van der Waals surface area contributed by atoms with E-state index in [0.29, 0.717) is 11.8 Å². The van der Waals surface area contributed by atoms with E-state index >= 15 is 0 Å². The molecular formula is C18H31NO. The third-order valence-electron chi connectivity index (χ3n) is 6.01. The summed E-state index contributed by atoms with van der Waals surface area (Å²) in [6, 6.07) is 2.52. The van der Waals surface area contributed by atoms with Gasteiger partial charge in [0.1, 0.15) is 0 Å². The maximum absolute atomic E-state index is 10.7. The quantitative estimate of drug-likeness (QED) is 0.811. The van der Waals surface area contributed by atoms with Crippen LogP contribution in [0, 0.1) is 34.5 Å². The molecule has 0 bridgehead atoms. The molecule has 0 heterocycles. The normalized spacial score (nSPS) is 33.9. The van der Waals surface area contributed by atoms with E-state index in [1.165, 1.54) is 32.1 Å². The van der Waals surface area contributed by atoms with Crippen LogP contribution in [-0.2, 0) is 0 Å². The molecule has 2 saturated carbocycles. The Labute approximate surface area is 124 Å². The van der Waals surface area contributed by atoms with Crippen LogP contribution in [0.25, 0.3) is 0 Å². The number of hydrogen-bond donors (Lipinski definition) is 1. The Kier molecular flexibility index (Phi) is 5.49. The molecular weight excluding hydrogens is 246 g/mol. The van der Waals surface area contributed by atoms with Crippen molar-refractivity contribution in [3.05, 3.63) is 0 Å². The predicted octanol–water partition coefficient (Wildman–Crippen LogP) is 4.67. The zero-order valence-electron chi connectivity index (χ0n) is 13.3. The smallest absolute Gasteiger partial charge is 0.0832 e. The second kappa shape index (κ2) is 6.94. The molecule has 1 unspecified atom stereocenters. The fourth-order valence-electron chi connectivity index (χ4n) is 4.31. The van der Waals surface area contributed by atoms with E-state index in [0.717, 1.165) is 38.0 Å². The largest absolute Gasteiger partial charge is 0.391 e. The van der Waals surface area contributed by atoms with Crippen molar-refractivity contribution in [3.8, 4) is 6.07 Å². The molecule has 0 amide bonds. The van der Waals surface area contributed by atoms with Crippen LogP contribution >= 0.6 is 0 Å². The van der Waals surface area contributed by atoms with Crippen LogP contribution in [0.15, 0.2) is 0 Å². The van der Waals surface area contributed by atoms with Crippen LogP contribution in [0.2, 0.25) is 0 Å². The Bertz CT molecular complexity index is 330. The topological polar surface area (TPSA) is 44.0 Å². The van der Waals surface area contributed by atoms with Crippen molar-refractivity contribution in [2.75, 3.05) is 0 Å². The van der Waals surface area contributed by atoms with Crippen LogP contribution < -0.4 is 0 Å². The lowest BCUT2D eigenvalue weighted by Crippen LogP contribution is -2.39. The lowest BCUT2D eigenvalue weighted by molar-refractivity contribution is 0.00119. The average Bonchev–Trinajstić information content (AvgIpc) is 2.48. The highest BCUT2D eigenvalue weighted by Gasteiger charge is 2.42. The van der Waals surface area contributed by atoms with Gasteiger partial charge in [0, 0.05) is 0 Å². The Morgan fingerprint density at radius 2 is 1.70 bits per heavy atom. The van der Waals surface area contributed by atoms with Crippen LogP contribution in [0.1, 0.15) is 78.1 Å². The molecule has 114 valence electrons. The van der Waals surface area contributed by atoms with Crippen molar-refractivity contribution in [2.24, 2.45) is 23.2 Å². The molecule has 20 heavy (non-hydrogen) atoms. The van der Waals surface area contributed by atoms with Gasteiger partial charge in [0.15, 0.2) is 0 Å². The standard InChI is InChI=1S/C18H31NO/c1-14(2)16-8-10-18(13-19,11-9-16)17(20)12-15-6-4-3-5-7-15/h14-17,20H,3-12H2,1-2H3. The van der Waals surface area contributed by atoms with Crippen molar-refractivity contribution in [1.82, 2.24) is 0 Å². The van der Waals surface area contributed by atoms with E-state index in [4.69, 9.17) is 0 Å². The van der Waals surface area contributed by atoms with Gasteiger partial charge in [-0.2, -0.15) is 5.26 Å². The second-order valence-electron chi connectivity index (χ2n) is 7.60. The molecule has 0 aromatic heterocycles. The lowest BCUT2D eigenvalue weighted by Gasteiger charge is -2.40. The highest BCUT2D eigenvalue weighted by molar-refractivity contribution is 5.06. The van der Waals surface area contributed by atoms with Crippen molar-refractivity contribution in [2.45, 2.75) is 84.2 Å². The number of nitrogens with zero attached hydrogens (tertiary/aromatic N) is 1. The van der Waals surface area contributed by atoms with Gasteiger partial charge in [-0.3, -0.25) is 0 Å². The van der Waals surface area contributed by atoms with Crippen molar-refractivity contribution in [3.63, 3.8) is 0 Å². The molecule has 1 N–H and O–H groups in total. The van der Waals surface area contributed by atoms with Gasteiger partial charge < -0.3 is 5.11 Å².